The maximum atomic E-state index is 16.8. The first-order valence-corrected chi connectivity index (χ1v) is 13.1. The van der Waals surface area contributed by atoms with Crippen LogP contribution < -0.4 is 15.3 Å². The first kappa shape index (κ1) is 26.3. The molecule has 6 aromatic rings. The standard InChI is InChI=1S/C31H13BF8N2O2/c33-16-5-1-14(2-6-16)24-10-20-26(43-24)12-22-28(29-30(37)18(35)9-19(36)31(29)38)23-13-27-21(42(23)32(39,40)41(20)22)11-25(44-27)15-3-7-17(34)8-4-15/h1-13H. The van der Waals surface area contributed by atoms with Crippen LogP contribution in [0, 0.1) is 34.9 Å². The summed E-state index contributed by atoms with van der Waals surface area (Å²) in [7, 11) is 0. The molecule has 0 unspecified atom stereocenters. The molecule has 5 heterocycles. The summed E-state index contributed by atoms with van der Waals surface area (Å²) in [6, 6.07) is 13.7. The van der Waals surface area contributed by atoms with Crippen LogP contribution in [0.15, 0.2) is 87.3 Å². The van der Waals surface area contributed by atoms with E-state index in [1.54, 1.807) is 0 Å². The van der Waals surface area contributed by atoms with Gasteiger partial charge in [0.25, 0.3) is 0 Å². The highest BCUT2D eigenvalue weighted by atomic mass is 19.2. The van der Waals surface area contributed by atoms with E-state index in [0.717, 1.165) is 36.4 Å². The van der Waals surface area contributed by atoms with E-state index in [0.29, 0.717) is 20.1 Å². The van der Waals surface area contributed by atoms with Gasteiger partial charge in [-0.25, -0.2) is 26.3 Å². The van der Waals surface area contributed by atoms with Gasteiger partial charge in [-0.05, 0) is 48.5 Å². The maximum absolute atomic E-state index is 16.8. The fraction of sp³-hybridized carbons (Fsp3) is 0. The minimum atomic E-state index is -4.87. The second-order valence-electron chi connectivity index (χ2n) is 10.3. The zero-order valence-electron chi connectivity index (χ0n) is 21.8. The lowest BCUT2D eigenvalue weighted by Crippen LogP contribution is -2.56. The average molecular weight is 608 g/mol. The Hall–Kier alpha value is -5.33. The summed E-state index contributed by atoms with van der Waals surface area (Å²) in [6.45, 7) is -4.87. The van der Waals surface area contributed by atoms with Gasteiger partial charge in [-0.15, -0.1) is 0 Å². The molecule has 218 valence electrons. The molecule has 8 rings (SSSR count). The Labute approximate surface area is 240 Å². The molecule has 0 saturated heterocycles. The van der Waals surface area contributed by atoms with E-state index in [-0.39, 0.29) is 39.5 Å². The maximum Gasteiger partial charge on any atom is 0.738 e. The minimum Gasteiger partial charge on any atom is -0.455 e. The van der Waals surface area contributed by atoms with Gasteiger partial charge in [0.05, 0.1) is 28.8 Å². The van der Waals surface area contributed by atoms with Crippen LogP contribution in [0.25, 0.3) is 45.4 Å². The fourth-order valence-corrected chi connectivity index (χ4v) is 5.88. The molecule has 2 aliphatic rings. The molecular formula is C31H13BF8N2O2. The summed E-state index contributed by atoms with van der Waals surface area (Å²) < 4.78 is 133. The summed E-state index contributed by atoms with van der Waals surface area (Å²) in [5, 5.41) is -0.200. The van der Waals surface area contributed by atoms with Crippen molar-refractivity contribution in [3.05, 3.63) is 135 Å². The minimum absolute atomic E-state index is 0.0236. The molecular weight excluding hydrogens is 595 g/mol. The van der Waals surface area contributed by atoms with Gasteiger partial charge in [0, 0.05) is 35.0 Å². The highest BCUT2D eigenvalue weighted by Crippen LogP contribution is 2.44. The van der Waals surface area contributed by atoms with Crippen LogP contribution in [0.1, 0.15) is 11.3 Å². The van der Waals surface area contributed by atoms with Crippen molar-refractivity contribution in [1.82, 2.24) is 8.96 Å². The van der Waals surface area contributed by atoms with Crippen molar-refractivity contribution in [3.8, 4) is 22.6 Å². The van der Waals surface area contributed by atoms with Crippen LogP contribution in [-0.2, 0) is 0 Å². The number of hydrogen-bond acceptors (Lipinski definition) is 2. The Balaban J connectivity index is 1.45. The van der Waals surface area contributed by atoms with Crippen molar-refractivity contribution in [2.45, 2.75) is 0 Å². The first-order valence-electron chi connectivity index (χ1n) is 13.1. The lowest BCUT2D eigenvalue weighted by atomic mass is 9.85. The van der Waals surface area contributed by atoms with E-state index < -0.39 is 64.4 Å². The third kappa shape index (κ3) is 3.55. The summed E-state index contributed by atoms with van der Waals surface area (Å²) in [5.74, 6) is -7.90. The van der Waals surface area contributed by atoms with Gasteiger partial charge < -0.3 is 26.4 Å². The van der Waals surface area contributed by atoms with Gasteiger partial charge in [-0.1, -0.05) is 0 Å². The summed E-state index contributed by atoms with van der Waals surface area (Å²) >= 11 is 0. The average Bonchev–Trinajstić information content (AvgIpc) is 3.73. The third-order valence-electron chi connectivity index (χ3n) is 7.81. The number of aromatic nitrogens is 1. The Morgan fingerprint density at radius 2 is 1.23 bits per heavy atom. The van der Waals surface area contributed by atoms with Crippen LogP contribution in [0.4, 0.5) is 35.0 Å². The monoisotopic (exact) mass is 608 g/mol. The van der Waals surface area contributed by atoms with Gasteiger partial charge in [-0.2, -0.15) is 0 Å². The number of rotatable bonds is 3. The van der Waals surface area contributed by atoms with Gasteiger partial charge in [0.2, 0.25) is 5.36 Å². The van der Waals surface area contributed by atoms with Crippen LogP contribution in [0.5, 0.6) is 0 Å². The van der Waals surface area contributed by atoms with E-state index in [2.05, 4.69) is 0 Å². The zero-order chi connectivity index (χ0) is 30.7. The molecule has 0 N–H and O–H groups in total. The van der Waals surface area contributed by atoms with E-state index in [4.69, 9.17) is 8.83 Å². The molecule has 4 nitrogen and oxygen atoms in total. The predicted molar refractivity (Wildman–Crippen MR) is 144 cm³/mol. The number of benzene rings is 3. The molecule has 44 heavy (non-hydrogen) atoms. The second-order valence-corrected chi connectivity index (χ2v) is 10.3. The van der Waals surface area contributed by atoms with E-state index in [1.165, 1.54) is 36.4 Å². The van der Waals surface area contributed by atoms with Crippen molar-refractivity contribution in [2.24, 2.45) is 0 Å². The normalized spacial score (nSPS) is 15.0. The van der Waals surface area contributed by atoms with Gasteiger partial charge >= 0.3 is 6.97 Å². The largest absolute Gasteiger partial charge is 0.738 e. The Morgan fingerprint density at radius 3 is 1.82 bits per heavy atom. The summed E-state index contributed by atoms with van der Waals surface area (Å²) in [6.07, 6.45) is 1.09. The highest BCUT2D eigenvalue weighted by molar-refractivity contribution is 6.65. The number of nitrogens with zero attached hydrogens (tertiary/aromatic N) is 2. The quantitative estimate of drug-likeness (QED) is 0.124. The lowest BCUT2D eigenvalue weighted by molar-refractivity contribution is 0.449. The number of hydrogen-bond donors (Lipinski definition) is 0. The van der Waals surface area contributed by atoms with Crippen molar-refractivity contribution >= 4 is 29.7 Å². The molecule has 0 fully saturated rings. The van der Waals surface area contributed by atoms with Gasteiger partial charge in [0.1, 0.15) is 28.7 Å². The lowest BCUT2D eigenvalue weighted by Gasteiger charge is -2.31. The fourth-order valence-electron chi connectivity index (χ4n) is 5.88. The predicted octanol–water partition coefficient (Wildman–Crippen LogP) is 6.98. The first-order chi connectivity index (χ1) is 21.0. The number of fused-ring (bicyclic) bond motifs is 5. The molecule has 13 heteroatoms. The molecule has 3 aromatic heterocycles. The molecule has 0 aliphatic carbocycles. The van der Waals surface area contributed by atoms with Crippen LogP contribution in [0.3, 0.4) is 0 Å². The molecule has 2 aliphatic heterocycles. The molecule has 0 radical (unpaired) electrons. The molecule has 0 amide bonds. The zero-order valence-corrected chi connectivity index (χ0v) is 21.8. The SMILES string of the molecule is Fc1ccc(-c2cc3c(o2)=CC2=C(c4c(F)c(F)cc(F)c4F)c4cc5oc(-c6ccc(F)cc6)cc5n4[B-](F)(F)[N+]=32)cc1. The molecule has 0 spiro atoms. The molecule has 0 saturated carbocycles. The van der Waals surface area contributed by atoms with Crippen LogP contribution >= 0.6 is 0 Å². The smallest absolute Gasteiger partial charge is 0.455 e. The second kappa shape index (κ2) is 8.85. The molecule has 0 atom stereocenters. The third-order valence-corrected chi connectivity index (χ3v) is 7.81. The van der Waals surface area contributed by atoms with Gasteiger partial charge in [-0.3, -0.25) is 0 Å². The Kier molecular flexibility index (Phi) is 5.29. The number of halogens is 8. The Bertz CT molecular complexity index is 2340. The molecule has 3 aromatic carbocycles. The van der Waals surface area contributed by atoms with Crippen molar-refractivity contribution in [3.63, 3.8) is 0 Å². The topological polar surface area (TPSA) is 34.2 Å². The molecule has 0 bridgehead atoms. The summed E-state index contributed by atoms with van der Waals surface area (Å²) in [5.41, 5.74) is -2.44. The number of furan rings is 2. The van der Waals surface area contributed by atoms with Gasteiger partial charge in [0.15, 0.2) is 34.4 Å². The van der Waals surface area contributed by atoms with Crippen LogP contribution in [0.2, 0.25) is 0 Å². The number of allylic oxidation sites excluding steroid dienone is 1. The summed E-state index contributed by atoms with van der Waals surface area (Å²) in [4.78, 5) is 0. The van der Waals surface area contributed by atoms with Crippen molar-refractivity contribution in [1.29, 1.82) is 0 Å². The van der Waals surface area contributed by atoms with E-state index >= 15 is 17.4 Å². The van der Waals surface area contributed by atoms with Crippen LogP contribution in [-0.4, -0.2) is 11.4 Å². The Morgan fingerprint density at radius 1 is 0.659 bits per heavy atom. The van der Waals surface area contributed by atoms with Crippen molar-refractivity contribution in [2.75, 3.05) is 0 Å². The highest BCUT2D eigenvalue weighted by Gasteiger charge is 2.55. The van der Waals surface area contributed by atoms with E-state index in [9.17, 15) is 17.6 Å². The van der Waals surface area contributed by atoms with E-state index in [1.807, 2.05) is 0 Å². The van der Waals surface area contributed by atoms with Crippen molar-refractivity contribution < 1.29 is 43.8 Å².